The van der Waals surface area contributed by atoms with Gasteiger partial charge in [0.15, 0.2) is 15.8 Å². The van der Waals surface area contributed by atoms with Gasteiger partial charge in [-0.15, -0.1) is 0 Å². The minimum atomic E-state index is -3.83. The molecule has 3 rings (SSSR count). The highest BCUT2D eigenvalue weighted by atomic mass is 32.2. The second-order valence-electron chi connectivity index (χ2n) is 5.42. The summed E-state index contributed by atoms with van der Waals surface area (Å²) in [5.74, 6) is 0.342. The number of aryl methyl sites for hydroxylation is 1. The third-order valence-electron chi connectivity index (χ3n) is 3.93. The second-order valence-corrected chi connectivity index (χ2v) is 7.65. The van der Waals surface area contributed by atoms with E-state index in [4.69, 9.17) is 5.73 Å². The maximum Gasteiger partial charge on any atom is 0.191 e. The maximum absolute atomic E-state index is 12.8. The quantitative estimate of drug-likeness (QED) is 0.938. The van der Waals surface area contributed by atoms with Crippen molar-refractivity contribution in [2.45, 2.75) is 24.5 Å². The van der Waals surface area contributed by atoms with Gasteiger partial charge in [0.05, 0.1) is 11.4 Å². The predicted octanol–water partition coefficient (Wildman–Crippen LogP) is 2.09. The van der Waals surface area contributed by atoms with Crippen molar-refractivity contribution in [2.24, 2.45) is 0 Å². The average Bonchev–Trinajstić information content (AvgIpc) is 3.19. The average molecular weight is 309 g/mol. The number of halogens is 1. The van der Waals surface area contributed by atoms with E-state index in [-0.39, 0.29) is 0 Å². The van der Waals surface area contributed by atoms with E-state index in [0.29, 0.717) is 24.4 Å². The smallest absolute Gasteiger partial charge is 0.191 e. The molecule has 0 amide bonds. The van der Waals surface area contributed by atoms with Crippen LogP contribution in [0.2, 0.25) is 0 Å². The molecule has 0 unspecified atom stereocenters. The van der Waals surface area contributed by atoms with Crippen LogP contribution in [0.3, 0.4) is 0 Å². The topological polar surface area (TPSA) is 78.0 Å². The lowest BCUT2D eigenvalue weighted by molar-refractivity contribution is 0.520. The zero-order valence-electron chi connectivity index (χ0n) is 11.6. The summed E-state index contributed by atoms with van der Waals surface area (Å²) in [4.78, 5) is 0. The molecule has 0 atom stereocenters. The van der Waals surface area contributed by atoms with Gasteiger partial charge in [-0.1, -0.05) is 17.7 Å². The number of sulfone groups is 1. The summed E-state index contributed by atoms with van der Waals surface area (Å²) < 4.78 is 37.0. The molecule has 0 spiro atoms. The first-order chi connectivity index (χ1) is 9.89. The Hall–Kier alpha value is -1.89. The molecule has 21 heavy (non-hydrogen) atoms. The second kappa shape index (κ2) is 4.56. The van der Waals surface area contributed by atoms with E-state index in [1.807, 2.05) is 31.2 Å². The molecule has 1 saturated carbocycles. The van der Waals surface area contributed by atoms with E-state index in [1.54, 1.807) is 0 Å². The van der Waals surface area contributed by atoms with Crippen molar-refractivity contribution in [2.75, 3.05) is 11.7 Å². The van der Waals surface area contributed by atoms with Crippen LogP contribution in [0.5, 0.6) is 0 Å². The normalized spacial score (nSPS) is 16.9. The molecule has 0 bridgehead atoms. The summed E-state index contributed by atoms with van der Waals surface area (Å²) in [5.41, 5.74) is 8.11. The zero-order valence-corrected chi connectivity index (χ0v) is 12.4. The Kier molecular flexibility index (Phi) is 3.05. The molecule has 112 valence electrons. The summed E-state index contributed by atoms with van der Waals surface area (Å²) in [6.07, 6.45) is 0.785. The van der Waals surface area contributed by atoms with Gasteiger partial charge < -0.3 is 5.73 Å². The highest BCUT2D eigenvalue weighted by Crippen LogP contribution is 2.53. The van der Waals surface area contributed by atoms with Crippen LogP contribution in [0.15, 0.2) is 30.3 Å². The van der Waals surface area contributed by atoms with Crippen LogP contribution < -0.4 is 5.73 Å². The molecule has 0 radical (unpaired) electrons. The lowest BCUT2D eigenvalue weighted by Gasteiger charge is -2.10. The van der Waals surface area contributed by atoms with Gasteiger partial charge in [0.1, 0.15) is 10.6 Å². The van der Waals surface area contributed by atoms with Gasteiger partial charge in [0.2, 0.25) is 0 Å². The third kappa shape index (κ3) is 2.12. The highest BCUT2D eigenvalue weighted by molar-refractivity contribution is 7.92. The number of benzene rings is 1. The van der Waals surface area contributed by atoms with Gasteiger partial charge in [-0.2, -0.15) is 5.10 Å². The third-order valence-corrected chi connectivity index (χ3v) is 6.02. The van der Waals surface area contributed by atoms with Crippen molar-refractivity contribution in [3.63, 3.8) is 0 Å². The summed E-state index contributed by atoms with van der Waals surface area (Å²) in [5, 5.41) is 4.30. The Morgan fingerprint density at radius 2 is 1.95 bits per heavy atom. The van der Waals surface area contributed by atoms with Gasteiger partial charge in [-0.25, -0.2) is 17.5 Å². The number of aromatic nitrogens is 2. The molecule has 1 aliphatic rings. The first kappa shape index (κ1) is 14.1. The molecule has 1 aromatic carbocycles. The monoisotopic (exact) mass is 309 g/mol. The fourth-order valence-corrected chi connectivity index (χ4v) is 3.81. The lowest BCUT2D eigenvalue weighted by atomic mass is 10.2. The van der Waals surface area contributed by atoms with E-state index in [0.717, 1.165) is 11.3 Å². The van der Waals surface area contributed by atoms with Gasteiger partial charge in [-0.05, 0) is 31.9 Å². The number of nitrogen functional groups attached to an aromatic ring is 1. The first-order valence-corrected chi connectivity index (χ1v) is 8.26. The number of anilines is 1. The molecule has 1 fully saturated rings. The highest BCUT2D eigenvalue weighted by Gasteiger charge is 2.57. The standard InChI is InChI=1S/C14H16FN3O2S/c1-10-2-4-11(5-3-10)18-13(16)8-12(17-18)14(6-7-14)21(19,20)9-15/h2-5,8H,6-7,9,16H2,1H3. The largest absolute Gasteiger partial charge is 0.384 e. The fourth-order valence-electron chi connectivity index (χ4n) is 2.46. The summed E-state index contributed by atoms with van der Waals surface area (Å²) in [7, 11) is -3.83. The predicted molar refractivity (Wildman–Crippen MR) is 78.5 cm³/mol. The van der Waals surface area contributed by atoms with Crippen LogP contribution >= 0.6 is 0 Å². The minimum absolute atomic E-state index is 0.332. The van der Waals surface area contributed by atoms with E-state index in [9.17, 15) is 12.8 Å². The fraction of sp³-hybridized carbons (Fsp3) is 0.357. The first-order valence-electron chi connectivity index (χ1n) is 6.61. The van der Waals surface area contributed by atoms with Crippen molar-refractivity contribution in [1.82, 2.24) is 9.78 Å². The minimum Gasteiger partial charge on any atom is -0.384 e. The lowest BCUT2D eigenvalue weighted by Crippen LogP contribution is -2.23. The van der Waals surface area contributed by atoms with E-state index in [1.165, 1.54) is 10.7 Å². The molecule has 1 heterocycles. The van der Waals surface area contributed by atoms with Gasteiger partial charge >= 0.3 is 0 Å². The Morgan fingerprint density at radius 1 is 1.33 bits per heavy atom. The number of rotatable bonds is 4. The SMILES string of the molecule is Cc1ccc(-n2nc(C3(S(=O)(=O)CF)CC3)cc2N)cc1. The van der Waals surface area contributed by atoms with Crippen molar-refractivity contribution in [3.05, 3.63) is 41.6 Å². The van der Waals surface area contributed by atoms with Gasteiger partial charge in [0.25, 0.3) is 0 Å². The van der Waals surface area contributed by atoms with Crippen LogP contribution in [-0.2, 0) is 14.6 Å². The Labute approximate surface area is 122 Å². The molecule has 2 aromatic rings. The van der Waals surface area contributed by atoms with Crippen LogP contribution in [0, 0.1) is 6.92 Å². The summed E-state index contributed by atoms with van der Waals surface area (Å²) in [6, 6.07) is 7.70. The summed E-state index contributed by atoms with van der Waals surface area (Å²) in [6.45, 7) is 1.97. The van der Waals surface area contributed by atoms with E-state index >= 15 is 0 Å². The Bertz CT molecular complexity index is 777. The Balaban J connectivity index is 2.05. The van der Waals surface area contributed by atoms with Crippen LogP contribution in [0.4, 0.5) is 10.2 Å². The van der Waals surface area contributed by atoms with Crippen molar-refractivity contribution >= 4 is 15.7 Å². The molecular formula is C14H16FN3O2S. The molecule has 5 nitrogen and oxygen atoms in total. The van der Waals surface area contributed by atoms with Crippen molar-refractivity contribution < 1.29 is 12.8 Å². The van der Waals surface area contributed by atoms with E-state index < -0.39 is 20.6 Å². The zero-order chi connectivity index (χ0) is 15.3. The molecule has 0 saturated heterocycles. The van der Waals surface area contributed by atoms with Crippen LogP contribution in [0.25, 0.3) is 5.69 Å². The molecule has 1 aliphatic carbocycles. The number of hydrogen-bond acceptors (Lipinski definition) is 4. The number of hydrogen-bond donors (Lipinski definition) is 1. The van der Waals surface area contributed by atoms with Crippen molar-refractivity contribution in [3.8, 4) is 5.69 Å². The van der Waals surface area contributed by atoms with E-state index in [2.05, 4.69) is 5.10 Å². The van der Waals surface area contributed by atoms with Crippen LogP contribution in [0.1, 0.15) is 24.1 Å². The molecule has 0 aliphatic heterocycles. The number of nitrogens with zero attached hydrogens (tertiary/aromatic N) is 2. The number of nitrogens with two attached hydrogens (primary N) is 1. The molecule has 1 aromatic heterocycles. The summed E-state index contributed by atoms with van der Waals surface area (Å²) >= 11 is 0. The maximum atomic E-state index is 12.8. The van der Waals surface area contributed by atoms with Crippen molar-refractivity contribution in [1.29, 1.82) is 0 Å². The molecular weight excluding hydrogens is 293 g/mol. The molecule has 2 N–H and O–H groups in total. The number of alkyl halides is 1. The molecule has 7 heteroatoms. The Morgan fingerprint density at radius 3 is 2.48 bits per heavy atom. The van der Waals surface area contributed by atoms with Crippen LogP contribution in [-0.4, -0.2) is 24.2 Å². The van der Waals surface area contributed by atoms with Gasteiger partial charge in [-0.3, -0.25) is 0 Å². The van der Waals surface area contributed by atoms with Gasteiger partial charge in [0, 0.05) is 6.07 Å².